The minimum absolute atomic E-state index is 0.398. The van der Waals surface area contributed by atoms with E-state index in [-0.39, 0.29) is 0 Å². The predicted octanol–water partition coefficient (Wildman–Crippen LogP) is 4.74. The van der Waals surface area contributed by atoms with Crippen LogP contribution in [0.3, 0.4) is 0 Å². The highest BCUT2D eigenvalue weighted by atomic mass is 32.2. The molecule has 2 rings (SSSR count). The minimum atomic E-state index is 0.398. The highest BCUT2D eigenvalue weighted by Gasteiger charge is 2.32. The van der Waals surface area contributed by atoms with E-state index in [1.165, 1.54) is 28.5 Å². The van der Waals surface area contributed by atoms with Crippen LogP contribution in [0.5, 0.6) is 0 Å². The van der Waals surface area contributed by atoms with Crippen molar-refractivity contribution in [3.8, 4) is 0 Å². The van der Waals surface area contributed by atoms with Gasteiger partial charge in [-0.15, -0.1) is 11.8 Å². The monoisotopic (exact) mass is 281 g/mol. The maximum Gasteiger partial charge on any atom is 0.0480 e. The predicted molar refractivity (Wildman–Crippen MR) is 86.0 cm³/mol. The number of thioether (sulfide) groups is 2. The summed E-state index contributed by atoms with van der Waals surface area (Å²) in [6, 6.07) is 9.27. The molecule has 1 aromatic carbocycles. The summed E-state index contributed by atoms with van der Waals surface area (Å²) in [4.78, 5) is 1.38. The summed E-state index contributed by atoms with van der Waals surface area (Å²) in [5, 5.41) is 3.78. The molecule has 1 N–H and O–H groups in total. The van der Waals surface area contributed by atoms with E-state index in [0.717, 1.165) is 5.75 Å². The molecule has 1 aromatic rings. The molecule has 1 heterocycles. The number of hydrogen-bond donors (Lipinski definition) is 1. The molecular formula is C15H23NS2. The van der Waals surface area contributed by atoms with Gasteiger partial charge in [-0.3, -0.25) is 0 Å². The first-order chi connectivity index (χ1) is 8.63. The molecule has 1 atom stereocenters. The summed E-state index contributed by atoms with van der Waals surface area (Å²) >= 11 is 4.00. The number of hydrogen-bond acceptors (Lipinski definition) is 3. The molecule has 0 radical (unpaired) electrons. The van der Waals surface area contributed by atoms with Crippen molar-refractivity contribution in [2.75, 3.05) is 22.6 Å². The van der Waals surface area contributed by atoms with E-state index in [2.05, 4.69) is 62.1 Å². The Morgan fingerprint density at radius 1 is 1.39 bits per heavy atom. The number of benzene rings is 1. The standard InChI is InChI=1S/C15H23NS2/c1-4-18-13-8-6-5-7-12(13)16-14-11-17-10-9-15(14,2)3/h5-8,14,16H,4,9-11H2,1-3H3. The van der Waals surface area contributed by atoms with Crippen molar-refractivity contribution in [3.05, 3.63) is 24.3 Å². The number of anilines is 1. The fraction of sp³-hybridized carbons (Fsp3) is 0.600. The van der Waals surface area contributed by atoms with Crippen molar-refractivity contribution in [3.63, 3.8) is 0 Å². The molecule has 1 unspecified atom stereocenters. The van der Waals surface area contributed by atoms with Crippen LogP contribution in [-0.4, -0.2) is 23.3 Å². The Morgan fingerprint density at radius 3 is 2.89 bits per heavy atom. The molecule has 0 aliphatic carbocycles. The first-order valence-electron chi connectivity index (χ1n) is 6.69. The van der Waals surface area contributed by atoms with E-state index in [1.807, 2.05) is 11.8 Å². The Morgan fingerprint density at radius 2 is 2.17 bits per heavy atom. The number of rotatable bonds is 4. The lowest BCUT2D eigenvalue weighted by Gasteiger charge is -2.39. The smallest absolute Gasteiger partial charge is 0.0480 e. The van der Waals surface area contributed by atoms with Gasteiger partial charge in [0.25, 0.3) is 0 Å². The summed E-state index contributed by atoms with van der Waals surface area (Å²) in [7, 11) is 0. The van der Waals surface area contributed by atoms with Crippen LogP contribution in [0, 0.1) is 5.41 Å². The van der Waals surface area contributed by atoms with Crippen molar-refractivity contribution < 1.29 is 0 Å². The Bertz CT molecular complexity index is 390. The molecule has 0 bridgehead atoms. The first-order valence-corrected chi connectivity index (χ1v) is 8.83. The molecule has 0 spiro atoms. The summed E-state index contributed by atoms with van der Waals surface area (Å²) in [5.41, 5.74) is 1.71. The third kappa shape index (κ3) is 3.39. The second-order valence-electron chi connectivity index (χ2n) is 5.44. The van der Waals surface area contributed by atoms with Crippen LogP contribution < -0.4 is 5.32 Å². The van der Waals surface area contributed by atoms with Crippen molar-refractivity contribution in [2.24, 2.45) is 5.41 Å². The van der Waals surface area contributed by atoms with Gasteiger partial charge in [0.05, 0.1) is 0 Å². The lowest BCUT2D eigenvalue weighted by molar-refractivity contribution is 0.305. The van der Waals surface area contributed by atoms with Crippen molar-refractivity contribution in [1.29, 1.82) is 0 Å². The zero-order valence-corrected chi connectivity index (χ0v) is 13.2. The lowest BCUT2D eigenvalue weighted by atomic mass is 9.82. The molecule has 1 aliphatic rings. The van der Waals surface area contributed by atoms with Crippen LogP contribution in [-0.2, 0) is 0 Å². The molecule has 0 saturated carbocycles. The van der Waals surface area contributed by atoms with Gasteiger partial charge in [-0.25, -0.2) is 0 Å². The van der Waals surface area contributed by atoms with Gasteiger partial charge >= 0.3 is 0 Å². The topological polar surface area (TPSA) is 12.0 Å². The molecule has 18 heavy (non-hydrogen) atoms. The van der Waals surface area contributed by atoms with Crippen molar-refractivity contribution in [2.45, 2.75) is 38.1 Å². The van der Waals surface area contributed by atoms with Gasteiger partial charge < -0.3 is 5.32 Å². The van der Waals surface area contributed by atoms with Gasteiger partial charge in [-0.1, -0.05) is 32.9 Å². The van der Waals surface area contributed by atoms with E-state index in [0.29, 0.717) is 11.5 Å². The highest BCUT2D eigenvalue weighted by molar-refractivity contribution is 7.99. The molecule has 0 aromatic heterocycles. The van der Waals surface area contributed by atoms with Gasteiger partial charge in [0.2, 0.25) is 0 Å². The number of nitrogens with one attached hydrogen (secondary N) is 1. The van der Waals surface area contributed by atoms with Gasteiger partial charge in [0.15, 0.2) is 0 Å². The second-order valence-corrected chi connectivity index (χ2v) is 7.90. The Balaban J connectivity index is 2.12. The first kappa shape index (κ1) is 14.1. The van der Waals surface area contributed by atoms with Gasteiger partial charge in [0, 0.05) is 22.4 Å². The lowest BCUT2D eigenvalue weighted by Crippen LogP contribution is -2.41. The maximum absolute atomic E-state index is 3.78. The average molecular weight is 281 g/mol. The Labute approximate surface area is 120 Å². The third-order valence-corrected chi connectivity index (χ3v) is 5.65. The Kier molecular flexibility index (Phi) is 4.91. The molecule has 1 saturated heterocycles. The average Bonchev–Trinajstić information content (AvgIpc) is 2.34. The molecule has 1 nitrogen and oxygen atoms in total. The normalized spacial score (nSPS) is 22.7. The van der Waals surface area contributed by atoms with Crippen LogP contribution in [0.15, 0.2) is 29.2 Å². The third-order valence-electron chi connectivity index (χ3n) is 3.64. The zero-order chi connectivity index (χ0) is 13.0. The van der Waals surface area contributed by atoms with E-state index >= 15 is 0 Å². The molecule has 0 amide bonds. The SMILES string of the molecule is CCSc1ccccc1NC1CSCCC1(C)C. The van der Waals surface area contributed by atoms with E-state index < -0.39 is 0 Å². The van der Waals surface area contributed by atoms with Gasteiger partial charge in [-0.2, -0.15) is 11.8 Å². The highest BCUT2D eigenvalue weighted by Crippen LogP contribution is 2.37. The van der Waals surface area contributed by atoms with Crippen LogP contribution in [0.2, 0.25) is 0 Å². The Hall–Kier alpha value is -0.280. The van der Waals surface area contributed by atoms with Crippen LogP contribution in [0.4, 0.5) is 5.69 Å². The van der Waals surface area contributed by atoms with Crippen LogP contribution in [0.25, 0.3) is 0 Å². The van der Waals surface area contributed by atoms with Crippen molar-refractivity contribution in [1.82, 2.24) is 0 Å². The van der Waals surface area contributed by atoms with Crippen LogP contribution >= 0.6 is 23.5 Å². The summed E-state index contributed by atoms with van der Waals surface area (Å²) in [6.45, 7) is 6.99. The maximum atomic E-state index is 3.78. The summed E-state index contributed by atoms with van der Waals surface area (Å²) in [6.07, 6.45) is 1.30. The summed E-state index contributed by atoms with van der Waals surface area (Å²) < 4.78 is 0. The van der Waals surface area contributed by atoms with E-state index in [4.69, 9.17) is 0 Å². The van der Waals surface area contributed by atoms with E-state index in [1.54, 1.807) is 0 Å². The molecule has 1 aliphatic heterocycles. The fourth-order valence-electron chi connectivity index (χ4n) is 2.23. The quantitative estimate of drug-likeness (QED) is 0.800. The molecule has 3 heteroatoms. The molecule has 100 valence electrons. The number of para-hydroxylation sites is 1. The summed E-state index contributed by atoms with van der Waals surface area (Å²) in [5.74, 6) is 3.65. The zero-order valence-electron chi connectivity index (χ0n) is 11.5. The molecular weight excluding hydrogens is 258 g/mol. The molecule has 1 fully saturated rings. The largest absolute Gasteiger partial charge is 0.380 e. The fourth-order valence-corrected chi connectivity index (χ4v) is 4.60. The van der Waals surface area contributed by atoms with Gasteiger partial charge in [-0.05, 0) is 35.5 Å². The second kappa shape index (κ2) is 6.25. The minimum Gasteiger partial charge on any atom is -0.380 e. The van der Waals surface area contributed by atoms with Gasteiger partial charge in [0.1, 0.15) is 0 Å². The van der Waals surface area contributed by atoms with Crippen molar-refractivity contribution >= 4 is 29.2 Å². The van der Waals surface area contributed by atoms with E-state index in [9.17, 15) is 0 Å². The van der Waals surface area contributed by atoms with Crippen LogP contribution in [0.1, 0.15) is 27.2 Å².